The van der Waals surface area contributed by atoms with E-state index in [0.29, 0.717) is 12.8 Å². The summed E-state index contributed by atoms with van der Waals surface area (Å²) in [5, 5.41) is -4.08. The molecule has 36 heavy (non-hydrogen) atoms. The fourth-order valence-corrected chi connectivity index (χ4v) is 4.42. The van der Waals surface area contributed by atoms with E-state index >= 15 is 0 Å². The monoisotopic (exact) mass is 576 g/mol. The first kappa shape index (κ1) is 35.0. The molecule has 0 spiro atoms. The van der Waals surface area contributed by atoms with Crippen molar-refractivity contribution in [2.24, 2.45) is 0 Å². The molecule has 2 fully saturated rings. The van der Waals surface area contributed by atoms with E-state index in [1.165, 1.54) is 0 Å². The Hall–Kier alpha value is -0.960. The van der Waals surface area contributed by atoms with Crippen molar-refractivity contribution in [3.8, 4) is 0 Å². The molecule has 0 aromatic heterocycles. The Morgan fingerprint density at radius 1 is 0.694 bits per heavy atom. The molecule has 4 amide bonds. The number of hydrogen-bond acceptors (Lipinski definition) is 12. The third-order valence-corrected chi connectivity index (χ3v) is 6.92. The summed E-state index contributed by atoms with van der Waals surface area (Å²) in [6, 6.07) is 0. The van der Waals surface area contributed by atoms with Crippen LogP contribution in [0.4, 0.5) is 0 Å². The number of hydroxylamine groups is 4. The topological polar surface area (TPSA) is 236 Å². The number of hydrogen-bond donors (Lipinski definition) is 2. The van der Waals surface area contributed by atoms with E-state index in [2.05, 4.69) is 9.68 Å². The van der Waals surface area contributed by atoms with E-state index in [4.69, 9.17) is 9.11 Å². The summed E-state index contributed by atoms with van der Waals surface area (Å²) >= 11 is 0. The van der Waals surface area contributed by atoms with Gasteiger partial charge in [0.05, 0.1) is 12.8 Å². The molecule has 2 unspecified atom stereocenters. The van der Waals surface area contributed by atoms with Crippen molar-refractivity contribution >= 4 is 115 Å². The molecule has 2 aliphatic heterocycles. The number of imide groups is 2. The number of rotatable bonds is 11. The molecule has 0 saturated carbocycles. The summed E-state index contributed by atoms with van der Waals surface area (Å²) < 4.78 is 61.9. The Labute approximate surface area is 249 Å². The summed E-state index contributed by atoms with van der Waals surface area (Å²) in [7, 11) is -9.66. The third kappa shape index (κ3) is 9.41. The van der Waals surface area contributed by atoms with Crippen LogP contribution in [0.2, 0.25) is 0 Å². The Kier molecular flexibility index (Phi) is 13.9. The summed E-state index contributed by atoms with van der Waals surface area (Å²) in [5.74, 6) is -6.96. The van der Waals surface area contributed by atoms with Gasteiger partial charge in [0.2, 0.25) is 0 Å². The first-order valence-corrected chi connectivity index (χ1v) is 12.7. The second-order valence-electron chi connectivity index (χ2n) is 7.31. The van der Waals surface area contributed by atoms with Gasteiger partial charge in [-0.3, -0.25) is 28.3 Å². The molecule has 0 aromatic rings. The molecule has 16 nitrogen and oxygen atoms in total. The van der Waals surface area contributed by atoms with Crippen molar-refractivity contribution < 1.29 is 64.4 Å². The minimum atomic E-state index is -4.83. The molecule has 2 aliphatic rings. The molecule has 0 radical (unpaired) electrons. The van der Waals surface area contributed by atoms with Crippen LogP contribution in [0.3, 0.4) is 0 Å². The number of nitrogens with zero attached hydrogens (tertiary/aromatic N) is 2. The average molecular weight is 576 g/mol. The van der Waals surface area contributed by atoms with Gasteiger partial charge >= 0.3 is 71.1 Å². The molecular weight excluding hydrogens is 554 g/mol. The van der Waals surface area contributed by atoms with Gasteiger partial charge in [0, 0.05) is 12.8 Å². The van der Waals surface area contributed by atoms with Crippen LogP contribution in [-0.4, -0.2) is 141 Å². The predicted molar refractivity (Wildman–Crippen MR) is 118 cm³/mol. The van der Waals surface area contributed by atoms with E-state index in [0.717, 1.165) is 0 Å². The molecule has 2 heterocycles. The number of carbonyl (C=O) groups is 6. The van der Waals surface area contributed by atoms with Crippen LogP contribution in [0.25, 0.3) is 0 Å². The summed E-state index contributed by atoms with van der Waals surface area (Å²) in [5.41, 5.74) is 0. The van der Waals surface area contributed by atoms with Gasteiger partial charge in [-0.2, -0.15) is 16.8 Å². The van der Waals surface area contributed by atoms with E-state index in [9.17, 15) is 45.6 Å². The van der Waals surface area contributed by atoms with Crippen molar-refractivity contribution in [2.75, 3.05) is 0 Å². The molecule has 20 heteroatoms. The van der Waals surface area contributed by atoms with E-state index in [1.54, 1.807) is 0 Å². The zero-order chi connectivity index (χ0) is 25.8. The van der Waals surface area contributed by atoms with Crippen LogP contribution in [0, 0.1) is 0 Å². The Bertz CT molecular complexity index is 1040. The van der Waals surface area contributed by atoms with Crippen LogP contribution >= 0.6 is 0 Å². The fourth-order valence-electron chi connectivity index (χ4n) is 3.01. The van der Waals surface area contributed by atoms with Crippen LogP contribution < -0.4 is 0 Å². The number of amides is 4. The van der Waals surface area contributed by atoms with Gasteiger partial charge in [-0.15, -0.1) is 10.1 Å². The van der Waals surface area contributed by atoms with Crippen LogP contribution in [0.1, 0.15) is 51.4 Å². The Morgan fingerprint density at radius 2 is 1.00 bits per heavy atom. The normalized spacial score (nSPS) is 20.2. The third-order valence-electron chi connectivity index (χ3n) is 4.74. The summed E-state index contributed by atoms with van der Waals surface area (Å²) in [6.07, 6.45) is -1.10. The molecule has 194 valence electrons. The van der Waals surface area contributed by atoms with Gasteiger partial charge in [-0.1, -0.05) is 12.8 Å². The first-order chi connectivity index (χ1) is 15.6. The second-order valence-corrected chi connectivity index (χ2v) is 10.5. The van der Waals surface area contributed by atoms with Gasteiger partial charge in [0.25, 0.3) is 43.9 Å². The first-order valence-electron chi connectivity index (χ1n) is 9.70. The van der Waals surface area contributed by atoms with Crippen LogP contribution in [0.15, 0.2) is 0 Å². The van der Waals surface area contributed by atoms with Gasteiger partial charge in [-0.25, -0.2) is 9.59 Å². The van der Waals surface area contributed by atoms with E-state index < -0.39 is 79.1 Å². The van der Waals surface area contributed by atoms with Crippen molar-refractivity contribution in [1.82, 2.24) is 10.1 Å². The quantitative estimate of drug-likeness (QED) is 0.108. The molecule has 0 aromatic carbocycles. The van der Waals surface area contributed by atoms with Gasteiger partial charge in [-0.05, 0) is 12.8 Å². The molecule has 2 atom stereocenters. The SMILES string of the molecule is O=C(CCCCCCC(=O)ON1C(=O)CC(S(=O)(=O)O)C1=O)ON1C(=O)CC(S(=O)(=O)O)C1=O.[NaH].[NaH]. The maximum atomic E-state index is 11.8. The van der Waals surface area contributed by atoms with Crippen molar-refractivity contribution in [2.45, 2.75) is 61.9 Å². The van der Waals surface area contributed by atoms with Gasteiger partial charge in [0.15, 0.2) is 10.5 Å². The zero-order valence-electron chi connectivity index (χ0n) is 17.3. The van der Waals surface area contributed by atoms with Crippen molar-refractivity contribution in [1.29, 1.82) is 0 Å². The van der Waals surface area contributed by atoms with Gasteiger partial charge < -0.3 is 9.68 Å². The molecule has 2 rings (SSSR count). The van der Waals surface area contributed by atoms with Crippen molar-refractivity contribution in [3.63, 3.8) is 0 Å². The molecule has 2 N–H and O–H groups in total. The molecule has 2 saturated heterocycles. The Morgan fingerprint density at radius 3 is 1.25 bits per heavy atom. The molecule has 0 aliphatic carbocycles. The number of unbranched alkanes of at least 4 members (excludes halogenated alkanes) is 3. The maximum absolute atomic E-state index is 11.8. The molecular formula is C16H22N2Na2O14S2. The van der Waals surface area contributed by atoms with Crippen molar-refractivity contribution in [3.05, 3.63) is 0 Å². The fraction of sp³-hybridized carbons (Fsp3) is 0.625. The molecule has 0 bridgehead atoms. The summed E-state index contributed by atoms with van der Waals surface area (Å²) in [6.45, 7) is 0. The van der Waals surface area contributed by atoms with Crippen LogP contribution in [0.5, 0.6) is 0 Å². The zero-order valence-corrected chi connectivity index (χ0v) is 18.9. The minimum absolute atomic E-state index is 0. The summed E-state index contributed by atoms with van der Waals surface area (Å²) in [4.78, 5) is 79.4. The van der Waals surface area contributed by atoms with E-state index in [-0.39, 0.29) is 94.9 Å². The Balaban J connectivity index is 0.00000612. The second kappa shape index (κ2) is 14.3. The standard InChI is InChI=1S/C16H20N2O14S2.2Na.2H/c19-11-7-9(33(25,26)27)15(23)17(11)31-13(21)5-3-1-2-4-6-14(22)32-18-12(20)8-10(16(18)24)34(28,29)30;;;;/h9-10H,1-8H2,(H,25,26,27)(H,28,29,30);;;;. The van der Waals surface area contributed by atoms with Crippen LogP contribution in [-0.2, 0) is 58.7 Å². The van der Waals surface area contributed by atoms with E-state index in [1.807, 2.05) is 0 Å². The average Bonchev–Trinajstić information content (AvgIpc) is 3.15. The predicted octanol–water partition coefficient (Wildman–Crippen LogP) is -3.02. The van der Waals surface area contributed by atoms with Gasteiger partial charge in [0.1, 0.15) is 0 Å². The number of carbonyl (C=O) groups excluding carboxylic acids is 6.